The van der Waals surface area contributed by atoms with Gasteiger partial charge >= 0.3 is 0 Å². The largest absolute Gasteiger partial charge is 0.487 e. The third-order valence-corrected chi connectivity index (χ3v) is 5.70. The topological polar surface area (TPSA) is 81.4 Å². The molecule has 2 aromatic carbocycles. The van der Waals surface area contributed by atoms with Gasteiger partial charge in [-0.3, -0.25) is 0 Å². The summed E-state index contributed by atoms with van der Waals surface area (Å²) in [4.78, 5) is 0. The van der Waals surface area contributed by atoms with Crippen LogP contribution < -0.4 is 15.2 Å². The van der Waals surface area contributed by atoms with Crippen molar-refractivity contribution < 1.29 is 13.2 Å². The predicted octanol–water partition coefficient (Wildman–Crippen LogP) is 3.45. The summed E-state index contributed by atoms with van der Waals surface area (Å²) in [6, 6.07) is 14.6. The van der Waals surface area contributed by atoms with E-state index in [-0.39, 0.29) is 24.2 Å². The van der Waals surface area contributed by atoms with Crippen LogP contribution in [0.15, 0.2) is 48.5 Å². The molecule has 0 fully saturated rings. The summed E-state index contributed by atoms with van der Waals surface area (Å²) in [6.07, 6.45) is 1.03. The molecule has 1 aliphatic rings. The Morgan fingerprint density at radius 3 is 2.58 bits per heavy atom. The Morgan fingerprint density at radius 1 is 1.19 bits per heavy atom. The molecule has 2 aromatic rings. The van der Waals surface area contributed by atoms with E-state index < -0.39 is 15.6 Å². The van der Waals surface area contributed by atoms with Crippen molar-refractivity contribution >= 4 is 28.1 Å². The van der Waals surface area contributed by atoms with Gasteiger partial charge < -0.3 is 10.5 Å². The molecule has 0 saturated carbocycles. The molecule has 1 aliphatic heterocycles. The SMILES string of the molecule is CC1(C)CC(NS(=O)(=O)CCc2ccccc2)c2cc(N)ccc2O1.Cl. The van der Waals surface area contributed by atoms with Gasteiger partial charge in [-0.15, -0.1) is 12.4 Å². The minimum atomic E-state index is -3.43. The normalized spacial score (nSPS) is 18.3. The fourth-order valence-corrected chi connectivity index (χ4v) is 4.42. The molecule has 7 heteroatoms. The summed E-state index contributed by atoms with van der Waals surface area (Å²) in [5.74, 6) is 0.730. The number of hydrogen-bond acceptors (Lipinski definition) is 4. The van der Waals surface area contributed by atoms with E-state index in [1.165, 1.54) is 0 Å². The van der Waals surface area contributed by atoms with Crippen LogP contribution in [-0.4, -0.2) is 19.8 Å². The molecule has 0 spiro atoms. The Balaban J connectivity index is 0.00000243. The van der Waals surface area contributed by atoms with Crippen LogP contribution in [0.25, 0.3) is 0 Å². The standard InChI is InChI=1S/C19H24N2O3S.ClH/c1-19(2)13-17(16-12-15(20)8-9-18(16)24-19)21-25(22,23)11-10-14-6-4-3-5-7-14;/h3-9,12,17,21H,10-11,13,20H2,1-2H3;1H. The average molecular weight is 397 g/mol. The molecular weight excluding hydrogens is 372 g/mol. The van der Waals surface area contributed by atoms with E-state index in [0.717, 1.165) is 11.1 Å². The van der Waals surface area contributed by atoms with Crippen molar-refractivity contribution in [1.29, 1.82) is 0 Å². The van der Waals surface area contributed by atoms with E-state index in [1.807, 2.05) is 44.2 Å². The van der Waals surface area contributed by atoms with Gasteiger partial charge in [-0.1, -0.05) is 30.3 Å². The number of hydrogen-bond donors (Lipinski definition) is 2. The van der Waals surface area contributed by atoms with Crippen molar-refractivity contribution in [2.45, 2.75) is 38.3 Å². The van der Waals surface area contributed by atoms with Gasteiger partial charge in [0.05, 0.1) is 11.8 Å². The third-order valence-electron chi connectivity index (χ3n) is 4.32. The fourth-order valence-electron chi connectivity index (χ4n) is 3.15. The molecule has 26 heavy (non-hydrogen) atoms. The summed E-state index contributed by atoms with van der Waals surface area (Å²) < 4.78 is 34.0. The van der Waals surface area contributed by atoms with Crippen LogP contribution in [0.5, 0.6) is 5.75 Å². The first kappa shape index (κ1) is 20.6. The van der Waals surface area contributed by atoms with Crippen LogP contribution in [0.2, 0.25) is 0 Å². The number of aryl methyl sites for hydroxylation is 1. The number of benzene rings is 2. The van der Waals surface area contributed by atoms with Crippen LogP contribution in [0.1, 0.15) is 37.4 Å². The molecule has 5 nitrogen and oxygen atoms in total. The molecule has 1 heterocycles. The summed E-state index contributed by atoms with van der Waals surface area (Å²) >= 11 is 0. The second kappa shape index (κ2) is 7.86. The lowest BCUT2D eigenvalue weighted by atomic mass is 9.90. The maximum atomic E-state index is 12.6. The Morgan fingerprint density at radius 2 is 1.88 bits per heavy atom. The van der Waals surface area contributed by atoms with E-state index >= 15 is 0 Å². The highest BCUT2D eigenvalue weighted by Gasteiger charge is 2.35. The summed E-state index contributed by atoms with van der Waals surface area (Å²) in [7, 11) is -3.43. The molecule has 0 aromatic heterocycles. The summed E-state index contributed by atoms with van der Waals surface area (Å²) in [5.41, 5.74) is 7.82. The Kier molecular flexibility index (Phi) is 6.21. The van der Waals surface area contributed by atoms with Gasteiger partial charge in [-0.2, -0.15) is 0 Å². The van der Waals surface area contributed by atoms with Gasteiger partial charge in [0.1, 0.15) is 11.4 Å². The molecule has 1 unspecified atom stereocenters. The number of fused-ring (bicyclic) bond motifs is 1. The number of rotatable bonds is 5. The number of ether oxygens (including phenoxy) is 1. The number of nitrogen functional groups attached to an aromatic ring is 1. The quantitative estimate of drug-likeness (QED) is 0.758. The van der Waals surface area contributed by atoms with Crippen molar-refractivity contribution in [3.63, 3.8) is 0 Å². The lowest BCUT2D eigenvalue weighted by Gasteiger charge is -2.37. The minimum Gasteiger partial charge on any atom is -0.487 e. The maximum absolute atomic E-state index is 12.6. The van der Waals surface area contributed by atoms with Crippen molar-refractivity contribution in [3.8, 4) is 5.75 Å². The van der Waals surface area contributed by atoms with Crippen molar-refractivity contribution in [2.75, 3.05) is 11.5 Å². The number of nitrogens with one attached hydrogen (secondary N) is 1. The molecule has 3 rings (SSSR count). The highest BCUT2D eigenvalue weighted by Crippen LogP contribution is 2.40. The second-order valence-electron chi connectivity index (χ2n) is 7.09. The zero-order valence-electron chi connectivity index (χ0n) is 14.9. The molecule has 0 saturated heterocycles. The Hall–Kier alpha value is -1.76. The van der Waals surface area contributed by atoms with E-state index in [4.69, 9.17) is 10.5 Å². The van der Waals surface area contributed by atoms with E-state index in [0.29, 0.717) is 24.3 Å². The number of nitrogens with two attached hydrogens (primary N) is 1. The molecular formula is C19H25ClN2O3S. The highest BCUT2D eigenvalue weighted by molar-refractivity contribution is 7.89. The van der Waals surface area contributed by atoms with Crippen LogP contribution in [0, 0.1) is 0 Å². The molecule has 0 radical (unpaired) electrons. The lowest BCUT2D eigenvalue weighted by Crippen LogP contribution is -2.42. The smallest absolute Gasteiger partial charge is 0.212 e. The molecule has 3 N–H and O–H groups in total. The van der Waals surface area contributed by atoms with Crippen molar-refractivity contribution in [1.82, 2.24) is 4.72 Å². The van der Waals surface area contributed by atoms with Crippen LogP contribution in [0.3, 0.4) is 0 Å². The first-order valence-electron chi connectivity index (χ1n) is 8.36. The van der Waals surface area contributed by atoms with Gasteiger partial charge in [0, 0.05) is 17.7 Å². The molecule has 0 aliphatic carbocycles. The predicted molar refractivity (Wildman–Crippen MR) is 107 cm³/mol. The number of anilines is 1. The minimum absolute atomic E-state index is 0. The number of halogens is 1. The molecule has 0 amide bonds. The summed E-state index contributed by atoms with van der Waals surface area (Å²) in [6.45, 7) is 3.91. The zero-order valence-corrected chi connectivity index (χ0v) is 16.6. The lowest BCUT2D eigenvalue weighted by molar-refractivity contribution is 0.0702. The van der Waals surface area contributed by atoms with E-state index in [1.54, 1.807) is 18.2 Å². The van der Waals surface area contributed by atoms with Crippen molar-refractivity contribution in [2.24, 2.45) is 0 Å². The van der Waals surface area contributed by atoms with E-state index in [2.05, 4.69) is 4.72 Å². The molecule has 0 bridgehead atoms. The third kappa shape index (κ3) is 5.13. The summed E-state index contributed by atoms with van der Waals surface area (Å²) in [5, 5.41) is 0. The van der Waals surface area contributed by atoms with Gasteiger partial charge in [0.2, 0.25) is 10.0 Å². The first-order valence-corrected chi connectivity index (χ1v) is 10.0. The fraction of sp³-hybridized carbons (Fsp3) is 0.368. The number of sulfonamides is 1. The first-order chi connectivity index (χ1) is 11.7. The Labute approximate surface area is 161 Å². The van der Waals surface area contributed by atoms with Gasteiger partial charge in [0.25, 0.3) is 0 Å². The average Bonchev–Trinajstić information content (AvgIpc) is 2.54. The zero-order chi connectivity index (χ0) is 18.1. The van der Waals surface area contributed by atoms with Gasteiger partial charge in [-0.25, -0.2) is 13.1 Å². The van der Waals surface area contributed by atoms with Gasteiger partial charge in [-0.05, 0) is 44.0 Å². The Bertz CT molecular complexity index is 854. The molecule has 1 atom stereocenters. The van der Waals surface area contributed by atoms with E-state index in [9.17, 15) is 8.42 Å². The van der Waals surface area contributed by atoms with Crippen LogP contribution in [0.4, 0.5) is 5.69 Å². The van der Waals surface area contributed by atoms with Crippen molar-refractivity contribution in [3.05, 3.63) is 59.7 Å². The monoisotopic (exact) mass is 396 g/mol. The maximum Gasteiger partial charge on any atom is 0.212 e. The van der Waals surface area contributed by atoms with Gasteiger partial charge in [0.15, 0.2) is 0 Å². The second-order valence-corrected chi connectivity index (χ2v) is 8.96. The molecule has 142 valence electrons. The van der Waals surface area contributed by atoms with Crippen LogP contribution >= 0.6 is 12.4 Å². The highest BCUT2D eigenvalue weighted by atomic mass is 35.5. The van der Waals surface area contributed by atoms with Crippen LogP contribution in [-0.2, 0) is 16.4 Å².